The monoisotopic (exact) mass is 1170 g/mol. The van der Waals surface area contributed by atoms with Gasteiger partial charge in [0.15, 0.2) is 0 Å². The van der Waals surface area contributed by atoms with Crippen LogP contribution in [-0.2, 0) is 28.6 Å². The molecule has 21 heteroatoms. The SMILES string of the molecule is CC(C)C#CCNC(=O)COCCNC(C)SSCCNC(C)C.CC(C)C#CCNC(=O)COCCNC(SSCCNC(C)C)C(C)C.CCC(NCCOCC(=O)NCC#CC(C)C)SSCCNC(C)C. The highest BCUT2D eigenvalue weighted by molar-refractivity contribution is 8.77. The van der Waals surface area contributed by atoms with E-state index in [4.69, 9.17) is 14.2 Å². The number of hydrogen-bond acceptors (Lipinski definition) is 18. The standard InChI is InChI=1S/C19H37N3O2S2.C18H35N3O2S2.C17H33N3O2S2/c1-15(2)8-7-9-21-18(23)14-24-12-10-22-19(16(3)4)26-25-13-11-20-17(5)6;1-6-18(25-24-13-11-19-16(4)5)21-10-12-23-14-17(22)20-9-7-8-15(2)3;1-14(2)7-6-8-20-17(21)13-22-11-9-19-16(5)24-23-12-10-18-15(3)4/h15-17,19-20,22H,9-14H2,1-6H3,(H,21,23);15-16,18-19,21H,6,9-14H2,1-5H3,(H,20,22);14-16,18-19H,8-13H2,1-5H3,(H,20,21). The molecule has 438 valence electrons. The van der Waals surface area contributed by atoms with E-state index in [-0.39, 0.29) is 37.5 Å². The Balaban J connectivity index is -0.00000104. The van der Waals surface area contributed by atoms with Gasteiger partial charge in [-0.2, -0.15) is 0 Å². The normalized spacial score (nSPS) is 12.2. The molecule has 0 aromatic carbocycles. The van der Waals surface area contributed by atoms with Crippen LogP contribution in [0.4, 0.5) is 0 Å². The van der Waals surface area contributed by atoms with Crippen molar-refractivity contribution in [3.63, 3.8) is 0 Å². The molecule has 3 atom stereocenters. The van der Waals surface area contributed by atoms with E-state index in [9.17, 15) is 14.4 Å². The average molecular weight is 1170 g/mol. The number of amides is 3. The van der Waals surface area contributed by atoms with Crippen molar-refractivity contribution < 1.29 is 28.6 Å². The number of nitrogens with one attached hydrogen (secondary N) is 9. The first-order valence-corrected chi connectivity index (χ1v) is 34.1. The summed E-state index contributed by atoms with van der Waals surface area (Å²) in [6.45, 7) is 42.1. The molecular formula is C54H105N9O6S6. The number of rotatable bonds is 41. The number of ether oxygens (including phenoxy) is 3. The highest BCUT2D eigenvalue weighted by Gasteiger charge is 2.14. The third-order valence-electron chi connectivity index (χ3n) is 8.64. The van der Waals surface area contributed by atoms with Crippen molar-refractivity contribution in [2.75, 3.05) is 116 Å². The maximum absolute atomic E-state index is 11.6. The Morgan fingerprint density at radius 2 is 0.773 bits per heavy atom. The molecule has 9 N–H and O–H groups in total. The van der Waals surface area contributed by atoms with E-state index in [1.165, 1.54) is 0 Å². The zero-order valence-corrected chi connectivity index (χ0v) is 54.0. The van der Waals surface area contributed by atoms with Crippen LogP contribution in [0.15, 0.2) is 0 Å². The first-order valence-electron chi connectivity index (χ1n) is 26.9. The van der Waals surface area contributed by atoms with Gasteiger partial charge in [0.2, 0.25) is 17.7 Å². The van der Waals surface area contributed by atoms with Gasteiger partial charge in [0.25, 0.3) is 0 Å². The van der Waals surface area contributed by atoms with Crippen LogP contribution in [0, 0.1) is 59.2 Å². The van der Waals surface area contributed by atoms with E-state index in [1.54, 1.807) is 0 Å². The molecule has 0 heterocycles. The van der Waals surface area contributed by atoms with Crippen LogP contribution in [0.2, 0.25) is 0 Å². The van der Waals surface area contributed by atoms with Crippen LogP contribution in [0.25, 0.3) is 0 Å². The second-order valence-corrected chi connectivity index (χ2v) is 27.2. The molecule has 15 nitrogen and oxygen atoms in total. The summed E-state index contributed by atoms with van der Waals surface area (Å²) in [5.41, 5.74) is 0. The van der Waals surface area contributed by atoms with Gasteiger partial charge in [0.1, 0.15) is 19.8 Å². The lowest BCUT2D eigenvalue weighted by molar-refractivity contribution is -0.126. The van der Waals surface area contributed by atoms with Gasteiger partial charge in [-0.1, -0.05) is 204 Å². The minimum absolute atomic E-state index is 0.0835. The fourth-order valence-corrected chi connectivity index (χ4v) is 12.1. The minimum atomic E-state index is -0.122. The van der Waals surface area contributed by atoms with Crippen molar-refractivity contribution in [2.45, 2.75) is 151 Å². The zero-order chi connectivity index (χ0) is 56.9. The van der Waals surface area contributed by atoms with Crippen molar-refractivity contribution in [3.8, 4) is 35.5 Å². The lowest BCUT2D eigenvalue weighted by atomic mass is 10.2. The van der Waals surface area contributed by atoms with E-state index in [1.807, 2.05) is 106 Å². The Hall–Kier alpha value is -1.17. The summed E-state index contributed by atoms with van der Waals surface area (Å²) in [6.07, 6.45) is 1.06. The fraction of sp³-hybridized carbons (Fsp3) is 0.833. The molecule has 0 aliphatic carbocycles. The van der Waals surface area contributed by atoms with Crippen molar-refractivity contribution in [2.24, 2.45) is 23.7 Å². The third-order valence-corrected chi connectivity index (χ3v) is 17.2. The predicted octanol–water partition coefficient (Wildman–Crippen LogP) is 7.31. The van der Waals surface area contributed by atoms with Gasteiger partial charge >= 0.3 is 0 Å². The van der Waals surface area contributed by atoms with Gasteiger partial charge in [-0.25, -0.2) is 0 Å². The van der Waals surface area contributed by atoms with Gasteiger partial charge < -0.3 is 62.1 Å². The molecule has 0 saturated carbocycles. The Morgan fingerprint density at radius 3 is 1.12 bits per heavy atom. The van der Waals surface area contributed by atoms with E-state index >= 15 is 0 Å². The maximum atomic E-state index is 11.6. The summed E-state index contributed by atoms with van der Waals surface area (Å²) in [7, 11) is 11.2. The van der Waals surface area contributed by atoms with Crippen molar-refractivity contribution in [3.05, 3.63) is 0 Å². The molecule has 75 heavy (non-hydrogen) atoms. The lowest BCUT2D eigenvalue weighted by Crippen LogP contribution is -2.34. The molecule has 0 aliphatic heterocycles. The number of carbonyl (C=O) groups excluding carboxylic acids is 3. The number of carbonyl (C=O) groups is 3. The molecule has 0 aromatic rings. The van der Waals surface area contributed by atoms with Crippen LogP contribution >= 0.6 is 64.8 Å². The maximum Gasteiger partial charge on any atom is 0.246 e. The Bertz CT molecular complexity index is 1550. The van der Waals surface area contributed by atoms with Crippen LogP contribution < -0.4 is 47.9 Å². The lowest BCUT2D eigenvalue weighted by Gasteiger charge is -2.21. The topological polar surface area (TPSA) is 187 Å². The van der Waals surface area contributed by atoms with Gasteiger partial charge in [0.05, 0.1) is 55.6 Å². The highest BCUT2D eigenvalue weighted by atomic mass is 33.1. The van der Waals surface area contributed by atoms with Gasteiger partial charge in [-0.3, -0.25) is 14.4 Å². The Labute approximate surface area is 482 Å². The molecule has 0 saturated heterocycles. The van der Waals surface area contributed by atoms with Gasteiger partial charge in [-0.05, 0) is 19.3 Å². The van der Waals surface area contributed by atoms with Crippen LogP contribution in [-0.4, -0.2) is 168 Å². The molecule has 0 radical (unpaired) electrons. The molecule has 0 rings (SSSR count). The van der Waals surface area contributed by atoms with Crippen molar-refractivity contribution >= 4 is 82.5 Å². The molecule has 0 aromatic heterocycles. The second-order valence-electron chi connectivity index (χ2n) is 19.1. The van der Waals surface area contributed by atoms with Gasteiger partial charge in [0, 0.05) is 92.4 Å². The smallest absolute Gasteiger partial charge is 0.246 e. The molecule has 0 bridgehead atoms. The average Bonchev–Trinajstić information content (AvgIpc) is 3.33. The largest absolute Gasteiger partial charge is 0.370 e. The minimum Gasteiger partial charge on any atom is -0.370 e. The van der Waals surface area contributed by atoms with E-state index in [0.29, 0.717) is 97.4 Å². The van der Waals surface area contributed by atoms with E-state index in [0.717, 1.165) is 62.9 Å². The summed E-state index contributed by atoms with van der Waals surface area (Å²) >= 11 is 0. The Morgan fingerprint density at radius 1 is 0.427 bits per heavy atom. The van der Waals surface area contributed by atoms with Crippen LogP contribution in [0.5, 0.6) is 0 Å². The Kier molecular flexibility index (Phi) is 59.9. The number of hydrogen-bond donors (Lipinski definition) is 9. The van der Waals surface area contributed by atoms with Crippen molar-refractivity contribution in [1.82, 2.24) is 47.9 Å². The zero-order valence-electron chi connectivity index (χ0n) is 49.1. The first kappa shape index (κ1) is 78.1. The van der Waals surface area contributed by atoms with Crippen LogP contribution in [0.1, 0.15) is 117 Å². The van der Waals surface area contributed by atoms with Crippen molar-refractivity contribution in [1.29, 1.82) is 0 Å². The fourth-order valence-electron chi connectivity index (χ4n) is 4.97. The summed E-state index contributed by atoms with van der Waals surface area (Å²) < 4.78 is 16.2. The molecule has 3 unspecified atom stereocenters. The summed E-state index contributed by atoms with van der Waals surface area (Å²) in [4.78, 5) is 34.7. The highest BCUT2D eigenvalue weighted by Crippen LogP contribution is 2.29. The molecule has 0 aliphatic rings. The summed E-state index contributed by atoms with van der Waals surface area (Å²) in [6, 6.07) is 1.63. The summed E-state index contributed by atoms with van der Waals surface area (Å²) in [5.74, 6) is 22.2. The quantitative estimate of drug-likeness (QED) is 0.0128. The molecular weight excluding hydrogens is 1060 g/mol. The second kappa shape index (κ2) is 57.5. The molecule has 0 spiro atoms. The molecule has 0 fully saturated rings. The van der Waals surface area contributed by atoms with Gasteiger partial charge in [-0.15, -0.1) is 0 Å². The van der Waals surface area contributed by atoms with E-state index < -0.39 is 0 Å². The summed E-state index contributed by atoms with van der Waals surface area (Å²) in [5, 5.41) is 29.9. The molecule has 3 amide bonds. The first-order chi connectivity index (χ1) is 35.7. The predicted molar refractivity (Wildman–Crippen MR) is 335 cm³/mol. The van der Waals surface area contributed by atoms with E-state index in [2.05, 4.69) is 153 Å². The third kappa shape index (κ3) is 67.0. The van der Waals surface area contributed by atoms with Crippen LogP contribution in [0.3, 0.4) is 0 Å².